The molecule has 0 heterocycles. The molecule has 0 radical (unpaired) electrons. The second kappa shape index (κ2) is 9.43. The zero-order valence-electron chi connectivity index (χ0n) is 9.36. The molecule has 0 bridgehead atoms. The minimum Gasteiger partial charge on any atom is -1.00 e. The molecule has 0 amide bonds. The van der Waals surface area contributed by atoms with Crippen LogP contribution in [0.5, 0.6) is 0 Å². The zero-order chi connectivity index (χ0) is 8.86. The minimum atomic E-state index is -0.535. The molecule has 1 aliphatic carbocycles. The maximum atomic E-state index is 12.1. The van der Waals surface area contributed by atoms with Gasteiger partial charge in [-0.3, -0.25) is 0 Å². The van der Waals surface area contributed by atoms with E-state index in [0.717, 1.165) is 25.7 Å². The Morgan fingerprint density at radius 2 is 1.57 bits per heavy atom. The van der Waals surface area contributed by atoms with Crippen molar-refractivity contribution in [3.63, 3.8) is 0 Å². The minimum absolute atomic E-state index is 0. The average Bonchev–Trinajstić information content (AvgIpc) is 2.27. The summed E-state index contributed by atoms with van der Waals surface area (Å²) in [5.41, 5.74) is -0.535. The summed E-state index contributed by atoms with van der Waals surface area (Å²) in [6.45, 7) is 2.17. The van der Waals surface area contributed by atoms with Gasteiger partial charge in [-0.2, -0.15) is 0 Å². The van der Waals surface area contributed by atoms with Crippen molar-refractivity contribution in [2.24, 2.45) is 0 Å². The summed E-state index contributed by atoms with van der Waals surface area (Å²) in [5.74, 6) is 0. The van der Waals surface area contributed by atoms with Crippen LogP contribution in [0.4, 0.5) is 0 Å². The Morgan fingerprint density at radius 3 is 2.00 bits per heavy atom. The monoisotopic (exact) mass is 272 g/mol. The molecule has 1 saturated carbocycles. The molecular formula is C11H21BrMgO. The topological polar surface area (TPSA) is 23.1 Å². The summed E-state index contributed by atoms with van der Waals surface area (Å²) in [4.78, 5) is 0. The van der Waals surface area contributed by atoms with Gasteiger partial charge in [0.15, 0.2) is 0 Å². The van der Waals surface area contributed by atoms with E-state index in [0.29, 0.717) is 0 Å². The van der Waals surface area contributed by atoms with Crippen LogP contribution in [0.15, 0.2) is 0 Å². The fraction of sp³-hybridized carbons (Fsp3) is 1.00. The van der Waals surface area contributed by atoms with Crippen molar-refractivity contribution in [1.82, 2.24) is 0 Å². The van der Waals surface area contributed by atoms with E-state index >= 15 is 0 Å². The van der Waals surface area contributed by atoms with E-state index in [1.807, 2.05) is 0 Å². The first kappa shape index (κ1) is 17.6. The maximum absolute atomic E-state index is 12.1. The molecule has 0 atom stereocenters. The molecule has 1 nitrogen and oxygen atoms in total. The summed E-state index contributed by atoms with van der Waals surface area (Å²) < 4.78 is 0. The third-order valence-electron chi connectivity index (χ3n) is 3.00. The summed E-state index contributed by atoms with van der Waals surface area (Å²) in [5, 5.41) is 12.1. The van der Waals surface area contributed by atoms with E-state index in [1.54, 1.807) is 0 Å². The van der Waals surface area contributed by atoms with E-state index in [9.17, 15) is 5.11 Å². The van der Waals surface area contributed by atoms with Crippen molar-refractivity contribution in [2.75, 3.05) is 0 Å². The molecule has 1 fully saturated rings. The van der Waals surface area contributed by atoms with Gasteiger partial charge >= 0.3 is 23.1 Å². The van der Waals surface area contributed by atoms with Gasteiger partial charge in [-0.05, 0) is 0 Å². The SMILES string of the molecule is CCCCC1([O-])CCCCCC1.[Br-].[Mg+2]. The molecule has 0 aliphatic heterocycles. The van der Waals surface area contributed by atoms with Crippen molar-refractivity contribution in [2.45, 2.75) is 70.3 Å². The number of unbranched alkanes of at least 4 members (excludes halogenated alkanes) is 1. The van der Waals surface area contributed by atoms with Crippen molar-refractivity contribution in [3.8, 4) is 0 Å². The Labute approximate surface area is 115 Å². The van der Waals surface area contributed by atoms with Crippen LogP contribution in [0.3, 0.4) is 0 Å². The van der Waals surface area contributed by atoms with Gasteiger partial charge in [-0.15, -0.1) is 5.60 Å². The molecule has 1 rings (SSSR count). The first-order valence-corrected chi connectivity index (χ1v) is 5.47. The largest absolute Gasteiger partial charge is 2.00 e. The van der Waals surface area contributed by atoms with Crippen LogP contribution in [-0.4, -0.2) is 28.7 Å². The van der Waals surface area contributed by atoms with Crippen molar-refractivity contribution < 1.29 is 22.1 Å². The molecule has 0 spiro atoms. The van der Waals surface area contributed by atoms with E-state index in [1.165, 1.54) is 32.1 Å². The van der Waals surface area contributed by atoms with Gasteiger partial charge in [-0.25, -0.2) is 0 Å². The molecule has 0 aromatic rings. The fourth-order valence-electron chi connectivity index (χ4n) is 2.12. The Hall–Kier alpha value is 1.21. The van der Waals surface area contributed by atoms with Crippen molar-refractivity contribution >= 4 is 23.1 Å². The first-order chi connectivity index (χ1) is 5.77. The van der Waals surface area contributed by atoms with Crippen molar-refractivity contribution in [1.29, 1.82) is 0 Å². The molecule has 80 valence electrons. The molecule has 1 aliphatic rings. The summed E-state index contributed by atoms with van der Waals surface area (Å²) in [6.07, 6.45) is 10.0. The Kier molecular flexibility index (Phi) is 11.9. The third-order valence-corrected chi connectivity index (χ3v) is 3.00. The third kappa shape index (κ3) is 6.65. The van der Waals surface area contributed by atoms with Crippen LogP contribution in [-0.2, 0) is 0 Å². The van der Waals surface area contributed by atoms with Gasteiger partial charge in [-0.1, -0.05) is 64.7 Å². The summed E-state index contributed by atoms with van der Waals surface area (Å²) in [6, 6.07) is 0. The first-order valence-electron chi connectivity index (χ1n) is 5.47. The Bertz CT molecular complexity index is 122. The second-order valence-corrected chi connectivity index (χ2v) is 4.20. The number of hydrogen-bond donors (Lipinski definition) is 0. The fourth-order valence-corrected chi connectivity index (χ4v) is 2.12. The number of rotatable bonds is 3. The molecule has 0 N–H and O–H groups in total. The smallest absolute Gasteiger partial charge is 1.00 e. The Morgan fingerprint density at radius 1 is 1.07 bits per heavy atom. The molecule has 0 aromatic carbocycles. The molecule has 0 unspecified atom stereocenters. The van der Waals surface area contributed by atoms with Crippen LogP contribution in [0.1, 0.15) is 64.7 Å². The van der Waals surface area contributed by atoms with Crippen molar-refractivity contribution in [3.05, 3.63) is 0 Å². The Balaban J connectivity index is 0. The van der Waals surface area contributed by atoms with Gasteiger partial charge in [0.25, 0.3) is 0 Å². The zero-order valence-corrected chi connectivity index (χ0v) is 12.4. The molecule has 14 heavy (non-hydrogen) atoms. The number of hydrogen-bond acceptors (Lipinski definition) is 1. The van der Waals surface area contributed by atoms with E-state index < -0.39 is 5.60 Å². The van der Waals surface area contributed by atoms with Gasteiger partial charge in [0.2, 0.25) is 0 Å². The van der Waals surface area contributed by atoms with Crippen LogP contribution in [0.2, 0.25) is 0 Å². The molecular weight excluding hydrogens is 252 g/mol. The quantitative estimate of drug-likeness (QED) is 0.490. The summed E-state index contributed by atoms with van der Waals surface area (Å²) in [7, 11) is 0. The normalized spacial score (nSPS) is 20.1. The van der Waals surface area contributed by atoms with Crippen LogP contribution in [0.25, 0.3) is 0 Å². The van der Waals surface area contributed by atoms with Gasteiger partial charge in [0, 0.05) is 0 Å². The predicted octanol–water partition coefficient (Wildman–Crippen LogP) is -0.747. The van der Waals surface area contributed by atoms with Crippen LogP contribution < -0.4 is 22.1 Å². The average molecular weight is 273 g/mol. The van der Waals surface area contributed by atoms with Gasteiger partial charge in [0.05, 0.1) is 0 Å². The van der Waals surface area contributed by atoms with E-state index in [-0.39, 0.29) is 40.0 Å². The molecule has 0 aromatic heterocycles. The molecule has 3 heteroatoms. The predicted molar refractivity (Wildman–Crippen MR) is 55.7 cm³/mol. The van der Waals surface area contributed by atoms with E-state index in [4.69, 9.17) is 0 Å². The van der Waals surface area contributed by atoms with Crippen LogP contribution >= 0.6 is 0 Å². The summed E-state index contributed by atoms with van der Waals surface area (Å²) >= 11 is 0. The van der Waals surface area contributed by atoms with Crippen LogP contribution in [0, 0.1) is 0 Å². The number of halogens is 1. The molecule has 0 saturated heterocycles. The van der Waals surface area contributed by atoms with E-state index in [2.05, 4.69) is 6.92 Å². The van der Waals surface area contributed by atoms with Gasteiger partial charge in [0.1, 0.15) is 0 Å². The second-order valence-electron chi connectivity index (χ2n) is 4.20. The standard InChI is InChI=1S/C11H21O.BrH.Mg/c1-2-3-8-11(12)9-6-4-5-7-10-11;;/h2-10H2,1H3;1H;/q-1;;+2/p-1. The van der Waals surface area contributed by atoms with Gasteiger partial charge < -0.3 is 22.1 Å². The maximum Gasteiger partial charge on any atom is 2.00 e.